The van der Waals surface area contributed by atoms with Gasteiger partial charge >= 0.3 is 0 Å². The van der Waals surface area contributed by atoms with Gasteiger partial charge in [0.25, 0.3) is 0 Å². The topological polar surface area (TPSA) is 73.8 Å². The van der Waals surface area contributed by atoms with Gasteiger partial charge in [-0.05, 0) is 31.5 Å². The van der Waals surface area contributed by atoms with Crippen LogP contribution in [0.2, 0.25) is 0 Å². The first-order valence-electron chi connectivity index (χ1n) is 6.62. The molecule has 1 unspecified atom stereocenters. The van der Waals surface area contributed by atoms with Crippen molar-refractivity contribution in [2.75, 3.05) is 6.54 Å². The van der Waals surface area contributed by atoms with Gasteiger partial charge in [-0.3, -0.25) is 10.1 Å². The molecule has 102 valence electrons. The summed E-state index contributed by atoms with van der Waals surface area (Å²) in [4.78, 5) is 4.11. The lowest BCUT2D eigenvalue weighted by molar-refractivity contribution is 0.159. The third-order valence-corrected chi connectivity index (χ3v) is 3.11. The summed E-state index contributed by atoms with van der Waals surface area (Å²) >= 11 is 0. The molecule has 0 aromatic carbocycles. The number of rotatable bonds is 7. The zero-order valence-electron chi connectivity index (χ0n) is 11.1. The molecule has 0 fully saturated rings. The first-order valence-corrected chi connectivity index (χ1v) is 6.62. The van der Waals surface area contributed by atoms with Gasteiger partial charge in [-0.2, -0.15) is 5.10 Å². The molecule has 0 aliphatic heterocycles. The number of aromatic nitrogens is 3. The zero-order chi connectivity index (χ0) is 13.5. The summed E-state index contributed by atoms with van der Waals surface area (Å²) in [6, 6.07) is 3.91. The SMILES string of the molecule is CCC(O)CCNCc1cn[nH]c1-c1cccnc1. The molecule has 5 heteroatoms. The van der Waals surface area contributed by atoms with E-state index in [-0.39, 0.29) is 6.10 Å². The van der Waals surface area contributed by atoms with Gasteiger partial charge in [0.2, 0.25) is 0 Å². The van der Waals surface area contributed by atoms with Crippen LogP contribution in [-0.2, 0) is 6.54 Å². The first-order chi connectivity index (χ1) is 9.31. The van der Waals surface area contributed by atoms with Crippen molar-refractivity contribution in [3.05, 3.63) is 36.3 Å². The Morgan fingerprint density at radius 1 is 1.42 bits per heavy atom. The minimum absolute atomic E-state index is 0.213. The lowest BCUT2D eigenvalue weighted by Gasteiger charge is -2.08. The predicted octanol–water partition coefficient (Wildman–Crippen LogP) is 1.72. The standard InChI is InChI=1S/C14H20N4O/c1-2-13(19)5-7-16-9-12-10-17-18-14(12)11-4-3-6-15-8-11/h3-4,6,8,10,13,16,19H,2,5,7,9H2,1H3,(H,17,18). The van der Waals surface area contributed by atoms with Crippen molar-refractivity contribution in [1.29, 1.82) is 0 Å². The summed E-state index contributed by atoms with van der Waals surface area (Å²) in [7, 11) is 0. The van der Waals surface area contributed by atoms with E-state index in [0.29, 0.717) is 0 Å². The van der Waals surface area contributed by atoms with Crippen molar-refractivity contribution >= 4 is 0 Å². The van der Waals surface area contributed by atoms with E-state index < -0.39 is 0 Å². The molecule has 19 heavy (non-hydrogen) atoms. The molecule has 2 aromatic rings. The Morgan fingerprint density at radius 3 is 3.05 bits per heavy atom. The maximum atomic E-state index is 9.48. The van der Waals surface area contributed by atoms with E-state index in [4.69, 9.17) is 0 Å². The molecule has 0 amide bonds. The van der Waals surface area contributed by atoms with E-state index in [1.165, 1.54) is 0 Å². The third kappa shape index (κ3) is 3.87. The third-order valence-electron chi connectivity index (χ3n) is 3.11. The van der Waals surface area contributed by atoms with E-state index in [1.807, 2.05) is 31.5 Å². The second-order valence-corrected chi connectivity index (χ2v) is 4.54. The lowest BCUT2D eigenvalue weighted by atomic mass is 10.1. The molecule has 0 spiro atoms. The Hall–Kier alpha value is -1.72. The van der Waals surface area contributed by atoms with Gasteiger partial charge in [0, 0.05) is 30.1 Å². The van der Waals surface area contributed by atoms with Crippen LogP contribution in [0.25, 0.3) is 11.3 Å². The Labute approximate surface area is 113 Å². The van der Waals surface area contributed by atoms with Crippen molar-refractivity contribution in [2.24, 2.45) is 0 Å². The van der Waals surface area contributed by atoms with Crippen LogP contribution in [0.3, 0.4) is 0 Å². The number of aliphatic hydroxyl groups excluding tert-OH is 1. The number of nitrogens with zero attached hydrogens (tertiary/aromatic N) is 2. The van der Waals surface area contributed by atoms with E-state index in [1.54, 1.807) is 6.20 Å². The number of hydrogen-bond donors (Lipinski definition) is 3. The zero-order valence-corrected chi connectivity index (χ0v) is 11.1. The molecule has 0 saturated heterocycles. The van der Waals surface area contributed by atoms with Gasteiger partial charge in [-0.1, -0.05) is 6.92 Å². The molecular weight excluding hydrogens is 240 g/mol. The molecule has 0 aliphatic rings. The number of nitrogens with one attached hydrogen (secondary N) is 2. The highest BCUT2D eigenvalue weighted by Gasteiger charge is 2.07. The summed E-state index contributed by atoms with van der Waals surface area (Å²) in [5.41, 5.74) is 3.14. The van der Waals surface area contributed by atoms with Gasteiger partial charge in [0.05, 0.1) is 18.0 Å². The number of aromatic amines is 1. The molecule has 0 bridgehead atoms. The fourth-order valence-corrected chi connectivity index (χ4v) is 1.90. The minimum atomic E-state index is -0.213. The van der Waals surface area contributed by atoms with Crippen molar-refractivity contribution < 1.29 is 5.11 Å². The Kier molecular flexibility index (Phi) is 5.06. The molecule has 2 heterocycles. The van der Waals surface area contributed by atoms with Crippen LogP contribution in [0.5, 0.6) is 0 Å². The highest BCUT2D eigenvalue weighted by Crippen LogP contribution is 2.19. The fraction of sp³-hybridized carbons (Fsp3) is 0.429. The summed E-state index contributed by atoms with van der Waals surface area (Å²) in [6.07, 6.45) is 6.76. The van der Waals surface area contributed by atoms with Gasteiger partial charge in [0.15, 0.2) is 0 Å². The molecule has 0 saturated carbocycles. The molecule has 0 radical (unpaired) electrons. The smallest absolute Gasteiger partial charge is 0.0710 e. The van der Waals surface area contributed by atoms with Crippen LogP contribution in [0.1, 0.15) is 25.3 Å². The highest BCUT2D eigenvalue weighted by atomic mass is 16.3. The highest BCUT2D eigenvalue weighted by molar-refractivity contribution is 5.61. The largest absolute Gasteiger partial charge is 0.393 e. The average molecular weight is 260 g/mol. The quantitative estimate of drug-likeness (QED) is 0.663. The van der Waals surface area contributed by atoms with E-state index in [0.717, 1.165) is 42.8 Å². The molecule has 2 aromatic heterocycles. The number of H-pyrrole nitrogens is 1. The molecule has 2 rings (SSSR count). The second-order valence-electron chi connectivity index (χ2n) is 4.54. The maximum absolute atomic E-state index is 9.48. The maximum Gasteiger partial charge on any atom is 0.0710 e. The first kappa shape index (κ1) is 13.7. The average Bonchev–Trinajstić information content (AvgIpc) is 2.92. The van der Waals surface area contributed by atoms with Crippen molar-refractivity contribution in [2.45, 2.75) is 32.4 Å². The summed E-state index contributed by atoms with van der Waals surface area (Å²) in [5.74, 6) is 0. The van der Waals surface area contributed by atoms with Gasteiger partial charge in [0.1, 0.15) is 0 Å². The van der Waals surface area contributed by atoms with E-state index in [9.17, 15) is 5.11 Å². The molecule has 3 N–H and O–H groups in total. The van der Waals surface area contributed by atoms with Crippen LogP contribution in [0.15, 0.2) is 30.7 Å². The monoisotopic (exact) mass is 260 g/mol. The van der Waals surface area contributed by atoms with Gasteiger partial charge < -0.3 is 10.4 Å². The van der Waals surface area contributed by atoms with Crippen LogP contribution >= 0.6 is 0 Å². The molecule has 5 nitrogen and oxygen atoms in total. The minimum Gasteiger partial charge on any atom is -0.393 e. The summed E-state index contributed by atoms with van der Waals surface area (Å²) in [6.45, 7) is 3.52. The Balaban J connectivity index is 1.90. The van der Waals surface area contributed by atoms with Gasteiger partial charge in [-0.15, -0.1) is 0 Å². The predicted molar refractivity (Wildman–Crippen MR) is 74.4 cm³/mol. The second kappa shape index (κ2) is 7.01. The normalized spacial score (nSPS) is 12.5. The molecule has 1 atom stereocenters. The fourth-order valence-electron chi connectivity index (χ4n) is 1.90. The lowest BCUT2D eigenvalue weighted by Crippen LogP contribution is -2.19. The van der Waals surface area contributed by atoms with E-state index in [2.05, 4.69) is 20.5 Å². The number of hydrogen-bond acceptors (Lipinski definition) is 4. The Bertz CT molecular complexity index is 483. The van der Waals surface area contributed by atoms with Crippen LogP contribution < -0.4 is 5.32 Å². The van der Waals surface area contributed by atoms with Crippen LogP contribution in [0, 0.1) is 0 Å². The molecular formula is C14H20N4O. The summed E-state index contributed by atoms with van der Waals surface area (Å²) in [5, 5.41) is 19.9. The molecule has 0 aliphatic carbocycles. The van der Waals surface area contributed by atoms with E-state index >= 15 is 0 Å². The van der Waals surface area contributed by atoms with Gasteiger partial charge in [-0.25, -0.2) is 0 Å². The summed E-state index contributed by atoms with van der Waals surface area (Å²) < 4.78 is 0. The Morgan fingerprint density at radius 2 is 2.32 bits per heavy atom. The van der Waals surface area contributed by atoms with Crippen molar-refractivity contribution in [3.8, 4) is 11.3 Å². The van der Waals surface area contributed by atoms with Crippen LogP contribution in [-0.4, -0.2) is 32.9 Å². The number of aliphatic hydroxyl groups is 1. The van der Waals surface area contributed by atoms with Crippen molar-refractivity contribution in [3.63, 3.8) is 0 Å². The van der Waals surface area contributed by atoms with Crippen LogP contribution in [0.4, 0.5) is 0 Å². The number of pyridine rings is 1. The van der Waals surface area contributed by atoms with Crippen molar-refractivity contribution in [1.82, 2.24) is 20.5 Å².